The minimum Gasteiger partial charge on any atom is -0.480 e. The van der Waals surface area contributed by atoms with Crippen LogP contribution in [0.1, 0.15) is 49.3 Å². The van der Waals surface area contributed by atoms with Crippen LogP contribution in [0.25, 0.3) is 10.9 Å². The fourth-order valence-corrected chi connectivity index (χ4v) is 4.33. The third kappa shape index (κ3) is 5.42. The summed E-state index contributed by atoms with van der Waals surface area (Å²) in [5.41, 5.74) is 3.91. The molecule has 37 heavy (non-hydrogen) atoms. The summed E-state index contributed by atoms with van der Waals surface area (Å²) >= 11 is 6.68. The molecule has 1 atom stereocenters. The third-order valence-electron chi connectivity index (χ3n) is 5.82. The Labute approximate surface area is 219 Å². The molecule has 9 nitrogen and oxygen atoms in total. The first kappa shape index (κ1) is 26.1. The molecule has 0 aliphatic rings. The average molecular weight is 523 g/mol. The van der Waals surface area contributed by atoms with Crippen molar-refractivity contribution < 1.29 is 9.13 Å². The van der Waals surface area contributed by atoms with Crippen molar-refractivity contribution in [2.75, 3.05) is 24.3 Å². The van der Waals surface area contributed by atoms with E-state index in [1.165, 1.54) is 24.1 Å². The minimum atomic E-state index is -0.594. The van der Waals surface area contributed by atoms with Crippen molar-refractivity contribution >= 4 is 33.9 Å². The number of aromatic nitrogens is 5. The molecule has 0 aliphatic heterocycles. The maximum Gasteiger partial charge on any atom is 0.237 e. The van der Waals surface area contributed by atoms with Gasteiger partial charge in [0.25, 0.3) is 0 Å². The van der Waals surface area contributed by atoms with E-state index in [0.717, 1.165) is 0 Å². The van der Waals surface area contributed by atoms with Gasteiger partial charge in [0.05, 0.1) is 28.9 Å². The molecule has 11 heteroatoms. The summed E-state index contributed by atoms with van der Waals surface area (Å²) in [4.78, 5) is 8.42. The lowest BCUT2D eigenvalue weighted by Crippen LogP contribution is -2.20. The molecule has 0 saturated carbocycles. The fourth-order valence-electron chi connectivity index (χ4n) is 4.06. The molecule has 4 aromatic rings. The number of nitriles is 1. The van der Waals surface area contributed by atoms with Gasteiger partial charge in [0.2, 0.25) is 11.8 Å². The first-order chi connectivity index (χ1) is 17.5. The predicted octanol–water partition coefficient (Wildman–Crippen LogP) is 5.40. The van der Waals surface area contributed by atoms with E-state index in [1.54, 1.807) is 26.1 Å². The maximum absolute atomic E-state index is 13.8. The highest BCUT2D eigenvalue weighted by Gasteiger charge is 2.27. The number of pyridine rings is 2. The topological polar surface area (TPSA) is 114 Å². The molecule has 3 heterocycles. The van der Waals surface area contributed by atoms with Crippen molar-refractivity contribution in [2.45, 2.75) is 33.7 Å². The summed E-state index contributed by atoms with van der Waals surface area (Å²) in [6, 6.07) is 8.19. The van der Waals surface area contributed by atoms with Crippen molar-refractivity contribution in [3.8, 4) is 11.9 Å². The number of aryl methyl sites for hydroxylation is 2. The van der Waals surface area contributed by atoms with Crippen LogP contribution in [0.3, 0.4) is 0 Å². The van der Waals surface area contributed by atoms with Gasteiger partial charge in [0, 0.05) is 42.1 Å². The lowest BCUT2D eigenvalue weighted by Gasteiger charge is -2.23. The summed E-state index contributed by atoms with van der Waals surface area (Å²) in [6.45, 7) is 8.67. The summed E-state index contributed by atoms with van der Waals surface area (Å²) in [5, 5.41) is 26.1. The summed E-state index contributed by atoms with van der Waals surface area (Å²) in [6.07, 6.45) is 1.52. The number of rotatable bonds is 7. The SMILES string of the molecule is COc1c([C@@H](Nc2cc(Cl)c3ncc(C#N)c(NCC(C)(C)C)c3c2)c2ccc(F)nc2C)nnn1C. The second-order valence-corrected chi connectivity index (χ2v) is 10.3. The van der Waals surface area contributed by atoms with Crippen LogP contribution < -0.4 is 15.4 Å². The smallest absolute Gasteiger partial charge is 0.237 e. The Morgan fingerprint density at radius 3 is 2.68 bits per heavy atom. The van der Waals surface area contributed by atoms with E-state index in [0.29, 0.717) is 62.2 Å². The van der Waals surface area contributed by atoms with Gasteiger partial charge >= 0.3 is 0 Å². The minimum absolute atomic E-state index is 0.0251. The number of nitrogens with zero attached hydrogens (tertiary/aromatic N) is 6. The zero-order valence-corrected chi connectivity index (χ0v) is 22.3. The molecule has 3 aromatic heterocycles. The summed E-state index contributed by atoms with van der Waals surface area (Å²) < 4.78 is 20.9. The molecule has 0 fully saturated rings. The first-order valence-corrected chi connectivity index (χ1v) is 12.0. The van der Waals surface area contributed by atoms with E-state index in [-0.39, 0.29) is 5.41 Å². The number of benzene rings is 1. The number of methoxy groups -OCH3 is 1. The van der Waals surface area contributed by atoms with Gasteiger partial charge in [0.1, 0.15) is 12.1 Å². The Kier molecular flexibility index (Phi) is 7.18. The second-order valence-electron chi connectivity index (χ2n) is 9.92. The highest BCUT2D eigenvalue weighted by atomic mass is 35.5. The van der Waals surface area contributed by atoms with Gasteiger partial charge in [0.15, 0.2) is 5.69 Å². The quantitative estimate of drug-likeness (QED) is 0.310. The molecule has 0 saturated heterocycles. The van der Waals surface area contributed by atoms with Gasteiger partial charge < -0.3 is 15.4 Å². The van der Waals surface area contributed by atoms with E-state index in [4.69, 9.17) is 16.3 Å². The number of hydrogen-bond acceptors (Lipinski definition) is 8. The number of hydrogen-bond donors (Lipinski definition) is 2. The molecule has 1 aromatic carbocycles. The molecular weight excluding hydrogens is 495 g/mol. The second kappa shape index (κ2) is 10.2. The number of halogens is 2. The van der Waals surface area contributed by atoms with E-state index in [2.05, 4.69) is 57.8 Å². The van der Waals surface area contributed by atoms with Crippen molar-refractivity contribution in [3.05, 3.63) is 63.9 Å². The van der Waals surface area contributed by atoms with E-state index < -0.39 is 12.0 Å². The Hall–Kier alpha value is -3.97. The molecule has 0 unspecified atom stereocenters. The Balaban J connectivity index is 1.87. The fraction of sp³-hybridized carbons (Fsp3) is 0.346. The normalized spacial score (nSPS) is 12.3. The van der Waals surface area contributed by atoms with Gasteiger partial charge in [-0.15, -0.1) is 5.10 Å². The molecular formula is C26H28ClFN8O. The zero-order chi connectivity index (χ0) is 26.9. The van der Waals surface area contributed by atoms with Crippen molar-refractivity contribution in [3.63, 3.8) is 0 Å². The van der Waals surface area contributed by atoms with Crippen LogP contribution in [0.4, 0.5) is 15.8 Å². The van der Waals surface area contributed by atoms with Crippen LogP contribution in [0.15, 0.2) is 30.5 Å². The molecule has 2 N–H and O–H groups in total. The largest absolute Gasteiger partial charge is 0.480 e. The van der Waals surface area contributed by atoms with Crippen molar-refractivity contribution in [1.82, 2.24) is 25.0 Å². The summed E-state index contributed by atoms with van der Waals surface area (Å²) in [5.74, 6) is -0.140. The third-order valence-corrected chi connectivity index (χ3v) is 6.11. The molecule has 0 radical (unpaired) electrons. The number of fused-ring (bicyclic) bond motifs is 1. The van der Waals surface area contributed by atoms with Crippen LogP contribution >= 0.6 is 11.6 Å². The van der Waals surface area contributed by atoms with Gasteiger partial charge in [-0.2, -0.15) is 9.65 Å². The Morgan fingerprint density at radius 2 is 2.03 bits per heavy atom. The molecule has 0 amide bonds. The monoisotopic (exact) mass is 522 g/mol. The van der Waals surface area contributed by atoms with Crippen LogP contribution in [0.2, 0.25) is 5.02 Å². The number of ether oxygens (including phenoxy) is 1. The van der Waals surface area contributed by atoms with Gasteiger partial charge in [-0.1, -0.05) is 43.7 Å². The average Bonchev–Trinajstić information content (AvgIpc) is 3.20. The lowest BCUT2D eigenvalue weighted by atomic mass is 9.96. The van der Waals surface area contributed by atoms with Crippen molar-refractivity contribution in [1.29, 1.82) is 5.26 Å². The molecule has 0 bridgehead atoms. The van der Waals surface area contributed by atoms with E-state index in [9.17, 15) is 9.65 Å². The molecule has 4 rings (SSSR count). The number of anilines is 2. The maximum atomic E-state index is 13.8. The van der Waals surface area contributed by atoms with Crippen LogP contribution in [-0.4, -0.2) is 38.6 Å². The van der Waals surface area contributed by atoms with Gasteiger partial charge in [-0.25, -0.2) is 9.67 Å². The standard InChI is InChI=1S/C26H28ClFN8O/c1-14-17(7-8-20(28)32-14)23(24-25(37-6)36(5)35-34-24)33-16-9-18-21(31-13-26(2,3)4)15(11-29)12-30-22(18)19(27)10-16/h7-10,12,23,33H,13H2,1-6H3,(H,30,31)/t23-/m0/s1. The van der Waals surface area contributed by atoms with Crippen LogP contribution in [0, 0.1) is 29.6 Å². The van der Waals surface area contributed by atoms with Gasteiger partial charge in [-0.3, -0.25) is 4.98 Å². The Bertz CT molecular complexity index is 1510. The number of nitrogens with one attached hydrogen (secondary N) is 2. The summed E-state index contributed by atoms with van der Waals surface area (Å²) in [7, 11) is 3.25. The van der Waals surface area contributed by atoms with Crippen molar-refractivity contribution in [2.24, 2.45) is 12.5 Å². The highest BCUT2D eigenvalue weighted by Crippen LogP contribution is 2.37. The molecule has 0 aliphatic carbocycles. The highest BCUT2D eigenvalue weighted by molar-refractivity contribution is 6.35. The van der Waals surface area contributed by atoms with E-state index in [1.807, 2.05) is 6.07 Å². The van der Waals surface area contributed by atoms with Gasteiger partial charge in [-0.05, 0) is 30.5 Å². The van der Waals surface area contributed by atoms with Crippen LogP contribution in [-0.2, 0) is 7.05 Å². The first-order valence-electron chi connectivity index (χ1n) is 11.6. The molecule has 0 spiro atoms. The Morgan fingerprint density at radius 1 is 1.27 bits per heavy atom. The zero-order valence-electron chi connectivity index (χ0n) is 21.5. The van der Waals surface area contributed by atoms with Crippen LogP contribution in [0.5, 0.6) is 5.88 Å². The predicted molar refractivity (Wildman–Crippen MR) is 141 cm³/mol. The van der Waals surface area contributed by atoms with E-state index >= 15 is 0 Å². The molecule has 192 valence electrons. The lowest BCUT2D eigenvalue weighted by molar-refractivity contribution is 0.368.